The van der Waals surface area contributed by atoms with Crippen LogP contribution in [0.15, 0.2) is 97.2 Å². The van der Waals surface area contributed by atoms with Crippen LogP contribution in [0.25, 0.3) is 0 Å². The van der Waals surface area contributed by atoms with E-state index in [2.05, 4.69) is 116 Å². The van der Waals surface area contributed by atoms with Crippen molar-refractivity contribution in [1.82, 2.24) is 5.32 Å². The fourth-order valence-electron chi connectivity index (χ4n) is 8.90. The molecule has 1 amide bonds. The van der Waals surface area contributed by atoms with Crippen LogP contribution < -0.4 is 5.32 Å². The van der Waals surface area contributed by atoms with E-state index in [4.69, 9.17) is 18.9 Å². The molecule has 14 nitrogen and oxygen atoms in total. The standard InChI is InChI=1S/C61H103NO13/c1-3-5-7-9-11-13-14-15-16-17-18-19-20-21-22-23-24-25-26-27-28-29-30-31-32-33-34-35-36-37-39-41-43-45-53(66)62-49(50(65)44-42-40-38-12-10-8-6-4-2)48-72-60-58(71)56(69)59(52(47-64)74-60)75-61-57(70)55(68)54(67)51(46-63)73-61/h5,7,11,13,15-16,18-19,21-22,24-25,27-28,30-31,49-52,54-61,63-65,67-71H,3-4,6,8-10,12,14,17,20,23,26,29,32-48H2,1-2H3,(H,62,66)/b7-5-,13-11-,16-15-,19-18-,22-21-,25-24-,28-27-,31-30-. The van der Waals surface area contributed by atoms with Crippen molar-refractivity contribution in [2.75, 3.05) is 19.8 Å². The highest BCUT2D eigenvalue weighted by Crippen LogP contribution is 2.30. The summed E-state index contributed by atoms with van der Waals surface area (Å²) in [5.41, 5.74) is 0. The molecule has 2 saturated heterocycles. The molecule has 0 bridgehead atoms. The molecule has 2 rings (SSSR count). The largest absolute Gasteiger partial charge is 0.394 e. The molecule has 12 unspecified atom stereocenters. The van der Waals surface area contributed by atoms with Crippen molar-refractivity contribution in [3.63, 3.8) is 0 Å². The van der Waals surface area contributed by atoms with E-state index in [1.165, 1.54) is 51.4 Å². The Hall–Kier alpha value is -3.09. The summed E-state index contributed by atoms with van der Waals surface area (Å²) in [7, 11) is 0. The molecule has 0 aromatic carbocycles. The molecule has 0 aromatic heterocycles. The van der Waals surface area contributed by atoms with Gasteiger partial charge in [-0.25, -0.2) is 0 Å². The fraction of sp³-hybridized carbons (Fsp3) is 0.721. The summed E-state index contributed by atoms with van der Waals surface area (Å²) in [6, 6.07) is -0.837. The summed E-state index contributed by atoms with van der Waals surface area (Å²) in [5.74, 6) is -0.224. The molecule has 0 aromatic rings. The summed E-state index contributed by atoms with van der Waals surface area (Å²) < 4.78 is 22.7. The Morgan fingerprint density at radius 1 is 0.493 bits per heavy atom. The monoisotopic (exact) mass is 1060 g/mol. The van der Waals surface area contributed by atoms with Crippen LogP contribution >= 0.6 is 0 Å². The Bertz CT molecular complexity index is 1620. The molecule has 0 spiro atoms. The van der Waals surface area contributed by atoms with Crippen molar-refractivity contribution < 1.29 is 64.6 Å². The zero-order chi connectivity index (χ0) is 54.6. The minimum Gasteiger partial charge on any atom is -0.394 e. The summed E-state index contributed by atoms with van der Waals surface area (Å²) in [5, 5.41) is 86.8. The lowest BCUT2D eigenvalue weighted by Crippen LogP contribution is -2.65. The number of rotatable bonds is 44. The summed E-state index contributed by atoms with van der Waals surface area (Å²) in [4.78, 5) is 13.2. The van der Waals surface area contributed by atoms with Crippen LogP contribution in [-0.2, 0) is 23.7 Å². The van der Waals surface area contributed by atoms with Crippen LogP contribution in [0.1, 0.15) is 187 Å². The molecule has 0 saturated carbocycles. The van der Waals surface area contributed by atoms with Crippen molar-refractivity contribution in [2.45, 2.75) is 261 Å². The topological polar surface area (TPSA) is 228 Å². The van der Waals surface area contributed by atoms with Gasteiger partial charge in [0.25, 0.3) is 0 Å². The molecule has 2 aliphatic rings. The van der Waals surface area contributed by atoms with E-state index in [0.717, 1.165) is 103 Å². The van der Waals surface area contributed by atoms with Crippen molar-refractivity contribution >= 4 is 5.91 Å². The average molecular weight is 1060 g/mol. The number of carbonyl (C=O) groups excluding carboxylic acids is 1. The first kappa shape index (κ1) is 68.0. The smallest absolute Gasteiger partial charge is 0.220 e. The number of allylic oxidation sites excluding steroid dienone is 16. The fourth-order valence-corrected chi connectivity index (χ4v) is 8.90. The van der Waals surface area contributed by atoms with Gasteiger partial charge in [-0.15, -0.1) is 0 Å². The number of hydrogen-bond donors (Lipinski definition) is 9. The number of aliphatic hydroxyl groups excluding tert-OH is 8. The van der Waals surface area contributed by atoms with Gasteiger partial charge >= 0.3 is 0 Å². The first-order valence-electron chi connectivity index (χ1n) is 29.0. The first-order valence-corrected chi connectivity index (χ1v) is 29.0. The van der Waals surface area contributed by atoms with E-state index in [9.17, 15) is 45.6 Å². The maximum absolute atomic E-state index is 13.2. The second kappa shape index (κ2) is 45.9. The van der Waals surface area contributed by atoms with E-state index in [-0.39, 0.29) is 18.9 Å². The lowest BCUT2D eigenvalue weighted by atomic mass is 9.97. The summed E-state index contributed by atoms with van der Waals surface area (Å²) >= 11 is 0. The molecular weight excluding hydrogens is 955 g/mol. The highest BCUT2D eigenvalue weighted by atomic mass is 16.7. The van der Waals surface area contributed by atoms with Crippen LogP contribution in [0, 0.1) is 0 Å². The Morgan fingerprint density at radius 2 is 0.920 bits per heavy atom. The molecule has 2 heterocycles. The van der Waals surface area contributed by atoms with Gasteiger partial charge in [-0.1, -0.05) is 201 Å². The van der Waals surface area contributed by atoms with Gasteiger partial charge in [-0.05, 0) is 77.0 Å². The predicted octanol–water partition coefficient (Wildman–Crippen LogP) is 9.49. The maximum atomic E-state index is 13.2. The number of carbonyl (C=O) groups is 1. The Morgan fingerprint density at radius 3 is 1.41 bits per heavy atom. The van der Waals surface area contributed by atoms with Crippen molar-refractivity contribution in [1.29, 1.82) is 0 Å². The lowest BCUT2D eigenvalue weighted by Gasteiger charge is -2.46. The molecular formula is C61H103NO13. The molecule has 2 aliphatic heterocycles. The lowest BCUT2D eigenvalue weighted by molar-refractivity contribution is -0.359. The van der Waals surface area contributed by atoms with Crippen LogP contribution in [0.3, 0.4) is 0 Å². The number of unbranched alkanes of at least 4 members (excludes halogenated alkanes) is 15. The number of aliphatic hydroxyl groups is 8. The van der Waals surface area contributed by atoms with Crippen LogP contribution in [0.4, 0.5) is 0 Å². The van der Waals surface area contributed by atoms with E-state index in [0.29, 0.717) is 12.8 Å². The third-order valence-electron chi connectivity index (χ3n) is 13.6. The minimum absolute atomic E-state index is 0.224. The first-order chi connectivity index (χ1) is 36.6. The second-order valence-corrected chi connectivity index (χ2v) is 20.0. The van der Waals surface area contributed by atoms with Gasteiger partial charge in [-0.2, -0.15) is 0 Å². The third-order valence-corrected chi connectivity index (χ3v) is 13.6. The molecule has 0 aliphatic carbocycles. The van der Waals surface area contributed by atoms with E-state index in [1.807, 2.05) is 0 Å². The third kappa shape index (κ3) is 31.8. The summed E-state index contributed by atoms with van der Waals surface area (Å²) in [6.45, 7) is 2.67. The van der Waals surface area contributed by atoms with Gasteiger partial charge < -0.3 is 65.1 Å². The molecule has 2 fully saturated rings. The summed E-state index contributed by atoms with van der Waals surface area (Å²) in [6.07, 6.45) is 45.8. The maximum Gasteiger partial charge on any atom is 0.220 e. The molecule has 0 radical (unpaired) electrons. The minimum atomic E-state index is -1.79. The quantitative estimate of drug-likeness (QED) is 0.0205. The van der Waals surface area contributed by atoms with Gasteiger partial charge in [-0.3, -0.25) is 4.79 Å². The van der Waals surface area contributed by atoms with Crippen molar-refractivity contribution in [3.8, 4) is 0 Å². The van der Waals surface area contributed by atoms with Gasteiger partial charge in [0.05, 0.1) is 32.0 Å². The molecule has 75 heavy (non-hydrogen) atoms. The highest BCUT2D eigenvalue weighted by molar-refractivity contribution is 5.76. The Balaban J connectivity index is 1.64. The number of amides is 1. The average Bonchev–Trinajstić information content (AvgIpc) is 3.41. The van der Waals surface area contributed by atoms with Gasteiger partial charge in [0.2, 0.25) is 5.91 Å². The van der Waals surface area contributed by atoms with Crippen LogP contribution in [-0.4, -0.2) is 140 Å². The van der Waals surface area contributed by atoms with Crippen molar-refractivity contribution in [2.24, 2.45) is 0 Å². The second-order valence-electron chi connectivity index (χ2n) is 20.0. The van der Waals surface area contributed by atoms with E-state index >= 15 is 0 Å². The van der Waals surface area contributed by atoms with Crippen molar-refractivity contribution in [3.05, 3.63) is 97.2 Å². The van der Waals surface area contributed by atoms with Gasteiger partial charge in [0.15, 0.2) is 12.6 Å². The SMILES string of the molecule is CC/C=C\C/C=C\C/C=C\C/C=C\C/C=C\C/C=C\C/C=C\C/C=C\CCCCCCCCCCC(=O)NC(COC1OC(CO)C(OC2OC(CO)C(O)C(O)C2O)C(O)C1O)C(O)CCCCCCCCCC. The molecule has 12 atom stereocenters. The van der Waals surface area contributed by atoms with Gasteiger partial charge in [0.1, 0.15) is 48.8 Å². The van der Waals surface area contributed by atoms with Gasteiger partial charge in [0, 0.05) is 6.42 Å². The van der Waals surface area contributed by atoms with E-state index in [1.54, 1.807) is 0 Å². The Labute approximate surface area is 452 Å². The van der Waals surface area contributed by atoms with E-state index < -0.39 is 86.8 Å². The zero-order valence-electron chi connectivity index (χ0n) is 46.0. The van der Waals surface area contributed by atoms with Crippen LogP contribution in [0.2, 0.25) is 0 Å². The molecule has 430 valence electrons. The molecule has 9 N–H and O–H groups in total. The van der Waals surface area contributed by atoms with Crippen LogP contribution in [0.5, 0.6) is 0 Å². The number of ether oxygens (including phenoxy) is 4. The highest BCUT2D eigenvalue weighted by Gasteiger charge is 2.51. The number of hydrogen-bond acceptors (Lipinski definition) is 13. The normalized spacial score (nSPS) is 25.8. The Kier molecular flexibility index (Phi) is 41.6. The molecule has 14 heteroatoms. The number of nitrogens with one attached hydrogen (secondary N) is 1. The predicted molar refractivity (Wildman–Crippen MR) is 299 cm³/mol. The zero-order valence-corrected chi connectivity index (χ0v) is 46.0.